The Hall–Kier alpha value is -2.63. The molecule has 19 heavy (non-hydrogen) atoms. The molecule has 0 aliphatic carbocycles. The van der Waals surface area contributed by atoms with Gasteiger partial charge in [0.25, 0.3) is 5.69 Å². The molecule has 0 amide bonds. The first-order chi connectivity index (χ1) is 9.13. The van der Waals surface area contributed by atoms with Crippen LogP contribution < -0.4 is 4.74 Å². The summed E-state index contributed by atoms with van der Waals surface area (Å²) in [5, 5.41) is 10.4. The Kier molecular flexibility index (Phi) is 5.81. The molecule has 0 spiro atoms. The second kappa shape index (κ2) is 7.65. The third-order valence-corrected chi connectivity index (χ3v) is 1.96. The van der Waals surface area contributed by atoms with Crippen molar-refractivity contribution in [3.8, 4) is 5.75 Å². The molecular formula is C13H13NO5. The average Bonchev–Trinajstić information content (AvgIpc) is 2.39. The molecule has 100 valence electrons. The van der Waals surface area contributed by atoms with Gasteiger partial charge in [0.1, 0.15) is 5.75 Å². The Morgan fingerprint density at radius 1 is 1.32 bits per heavy atom. The quantitative estimate of drug-likeness (QED) is 0.197. The maximum absolute atomic E-state index is 10.9. The number of hydrogen-bond donors (Lipinski definition) is 0. The molecule has 0 unspecified atom stereocenters. The van der Waals surface area contributed by atoms with Crippen molar-refractivity contribution in [2.45, 2.75) is 6.92 Å². The smallest absolute Gasteiger partial charge is 0.330 e. The van der Waals surface area contributed by atoms with E-state index in [0.717, 1.165) is 0 Å². The van der Waals surface area contributed by atoms with E-state index in [2.05, 4.69) is 4.74 Å². The molecule has 0 aromatic heterocycles. The van der Waals surface area contributed by atoms with E-state index in [1.54, 1.807) is 6.92 Å². The predicted molar refractivity (Wildman–Crippen MR) is 68.6 cm³/mol. The fourth-order valence-corrected chi connectivity index (χ4v) is 1.13. The van der Waals surface area contributed by atoms with E-state index in [9.17, 15) is 14.9 Å². The molecule has 6 heteroatoms. The van der Waals surface area contributed by atoms with Gasteiger partial charge in [0.05, 0.1) is 17.8 Å². The van der Waals surface area contributed by atoms with Crippen LogP contribution in [0.4, 0.5) is 5.69 Å². The molecule has 0 bridgehead atoms. The van der Waals surface area contributed by atoms with Crippen LogP contribution in [0, 0.1) is 10.1 Å². The molecule has 0 atom stereocenters. The van der Waals surface area contributed by atoms with Gasteiger partial charge in [-0.2, -0.15) is 0 Å². The summed E-state index contributed by atoms with van der Waals surface area (Å²) in [5.41, 5.74) is -0.00136. The van der Waals surface area contributed by atoms with Crippen molar-refractivity contribution in [1.82, 2.24) is 0 Å². The van der Waals surface area contributed by atoms with Gasteiger partial charge in [0.15, 0.2) is 0 Å². The van der Waals surface area contributed by atoms with Gasteiger partial charge in [-0.05, 0) is 25.1 Å². The minimum absolute atomic E-state index is 0.00136. The summed E-state index contributed by atoms with van der Waals surface area (Å²) in [7, 11) is 0. The number of benzene rings is 1. The molecule has 0 heterocycles. The fraction of sp³-hybridized carbons (Fsp3) is 0.154. The highest BCUT2D eigenvalue weighted by molar-refractivity contribution is 5.82. The summed E-state index contributed by atoms with van der Waals surface area (Å²) in [5.74, 6) is 0.0360. The zero-order valence-corrected chi connectivity index (χ0v) is 10.3. The lowest BCUT2D eigenvalue weighted by Gasteiger charge is -1.98. The van der Waals surface area contributed by atoms with Crippen LogP contribution in [0.1, 0.15) is 6.92 Å². The number of nitro benzene ring substituents is 1. The largest absolute Gasteiger partial charge is 0.465 e. The Balaban J connectivity index is 2.44. The second-order valence-electron chi connectivity index (χ2n) is 3.31. The number of ether oxygens (including phenoxy) is 2. The third-order valence-electron chi connectivity index (χ3n) is 1.96. The van der Waals surface area contributed by atoms with Crippen LogP contribution >= 0.6 is 0 Å². The Bertz CT molecular complexity index is 490. The van der Waals surface area contributed by atoms with Gasteiger partial charge >= 0.3 is 5.97 Å². The van der Waals surface area contributed by atoms with Gasteiger partial charge in [-0.25, -0.2) is 4.79 Å². The number of nitrogens with zero attached hydrogens (tertiary/aromatic N) is 1. The van der Waals surface area contributed by atoms with Crippen LogP contribution in [-0.4, -0.2) is 17.5 Å². The van der Waals surface area contributed by atoms with Crippen LogP contribution in [0.3, 0.4) is 0 Å². The van der Waals surface area contributed by atoms with Crippen molar-refractivity contribution in [3.05, 3.63) is 58.9 Å². The highest BCUT2D eigenvalue weighted by Crippen LogP contribution is 2.17. The number of nitro groups is 1. The molecule has 0 aliphatic rings. The van der Waals surface area contributed by atoms with E-state index in [1.165, 1.54) is 48.8 Å². The first-order valence-electron chi connectivity index (χ1n) is 5.54. The number of allylic oxidation sites excluding steroid dienone is 2. The lowest BCUT2D eigenvalue weighted by Crippen LogP contribution is -1.98. The molecular weight excluding hydrogens is 250 g/mol. The molecule has 0 N–H and O–H groups in total. The van der Waals surface area contributed by atoms with E-state index in [-0.39, 0.29) is 5.69 Å². The lowest BCUT2D eigenvalue weighted by molar-refractivity contribution is -0.384. The minimum Gasteiger partial charge on any atom is -0.465 e. The van der Waals surface area contributed by atoms with Gasteiger partial charge < -0.3 is 9.47 Å². The first kappa shape index (κ1) is 14.4. The number of hydrogen-bond acceptors (Lipinski definition) is 5. The summed E-state index contributed by atoms with van der Waals surface area (Å²) in [4.78, 5) is 20.9. The Morgan fingerprint density at radius 2 is 2.00 bits per heavy atom. The summed E-state index contributed by atoms with van der Waals surface area (Å²) in [6, 6.07) is 5.66. The third kappa shape index (κ3) is 5.49. The number of carbonyl (C=O) groups excluding carboxylic acids is 1. The van der Waals surface area contributed by atoms with E-state index in [1.807, 2.05) is 0 Å². The standard InChI is InChI=1S/C13H13NO5/c1-2-18-13(15)5-3-4-10-19-12-8-6-11(7-9-12)14(16)17/h3-10H,2H2,1H3. The zero-order valence-electron chi connectivity index (χ0n) is 10.3. The monoisotopic (exact) mass is 263 g/mol. The summed E-state index contributed by atoms with van der Waals surface area (Å²) in [6.07, 6.45) is 5.61. The molecule has 0 saturated heterocycles. The molecule has 1 aromatic rings. The molecule has 0 radical (unpaired) electrons. The summed E-state index contributed by atoms with van der Waals surface area (Å²) in [6.45, 7) is 2.05. The number of carbonyl (C=O) groups is 1. The van der Waals surface area contributed by atoms with Crippen LogP contribution in [0.15, 0.2) is 48.8 Å². The first-order valence-corrected chi connectivity index (χ1v) is 5.54. The summed E-state index contributed by atoms with van der Waals surface area (Å²) < 4.78 is 9.85. The number of non-ortho nitro benzene ring substituents is 1. The van der Waals surface area contributed by atoms with Crippen LogP contribution in [0.2, 0.25) is 0 Å². The maximum Gasteiger partial charge on any atom is 0.330 e. The van der Waals surface area contributed by atoms with Crippen LogP contribution in [-0.2, 0) is 9.53 Å². The number of rotatable bonds is 6. The van der Waals surface area contributed by atoms with Gasteiger partial charge in [0, 0.05) is 18.2 Å². The van der Waals surface area contributed by atoms with Gasteiger partial charge in [-0.3, -0.25) is 10.1 Å². The van der Waals surface area contributed by atoms with E-state index in [4.69, 9.17) is 4.74 Å². The number of esters is 1. The van der Waals surface area contributed by atoms with Crippen LogP contribution in [0.5, 0.6) is 5.75 Å². The van der Waals surface area contributed by atoms with Crippen molar-refractivity contribution < 1.29 is 19.2 Å². The SMILES string of the molecule is CCOC(=O)C=CC=COc1ccc([N+](=O)[O-])cc1. The van der Waals surface area contributed by atoms with Crippen molar-refractivity contribution >= 4 is 11.7 Å². The van der Waals surface area contributed by atoms with E-state index >= 15 is 0 Å². The fourth-order valence-electron chi connectivity index (χ4n) is 1.13. The zero-order chi connectivity index (χ0) is 14.1. The molecule has 6 nitrogen and oxygen atoms in total. The van der Waals surface area contributed by atoms with Crippen molar-refractivity contribution in [1.29, 1.82) is 0 Å². The maximum atomic E-state index is 10.9. The van der Waals surface area contributed by atoms with E-state index < -0.39 is 10.9 Å². The van der Waals surface area contributed by atoms with E-state index in [0.29, 0.717) is 12.4 Å². The van der Waals surface area contributed by atoms with Gasteiger partial charge in [-0.15, -0.1) is 0 Å². The second-order valence-corrected chi connectivity index (χ2v) is 3.31. The molecule has 0 fully saturated rings. The van der Waals surface area contributed by atoms with Gasteiger partial charge in [-0.1, -0.05) is 6.08 Å². The predicted octanol–water partition coefficient (Wildman–Crippen LogP) is 2.61. The van der Waals surface area contributed by atoms with Crippen LogP contribution in [0.25, 0.3) is 0 Å². The molecule has 1 aromatic carbocycles. The lowest BCUT2D eigenvalue weighted by atomic mass is 10.3. The normalized spacial score (nSPS) is 10.8. The van der Waals surface area contributed by atoms with Crippen molar-refractivity contribution in [2.75, 3.05) is 6.61 Å². The summed E-state index contributed by atoms with van der Waals surface area (Å²) >= 11 is 0. The molecule has 0 saturated carbocycles. The van der Waals surface area contributed by atoms with Crippen molar-refractivity contribution in [3.63, 3.8) is 0 Å². The molecule has 1 rings (SSSR count). The van der Waals surface area contributed by atoms with Crippen molar-refractivity contribution in [2.24, 2.45) is 0 Å². The molecule has 0 aliphatic heterocycles. The highest BCUT2D eigenvalue weighted by Gasteiger charge is 2.03. The Labute approximate surface area is 110 Å². The average molecular weight is 263 g/mol. The minimum atomic E-state index is -0.484. The topological polar surface area (TPSA) is 78.7 Å². The Morgan fingerprint density at radius 3 is 2.58 bits per heavy atom. The van der Waals surface area contributed by atoms with Gasteiger partial charge in [0.2, 0.25) is 0 Å². The highest BCUT2D eigenvalue weighted by atomic mass is 16.6.